The van der Waals surface area contributed by atoms with Gasteiger partial charge in [0.1, 0.15) is 5.69 Å². The second-order valence-corrected chi connectivity index (χ2v) is 5.63. The second-order valence-electron chi connectivity index (χ2n) is 4.63. The highest BCUT2D eigenvalue weighted by Gasteiger charge is 2.21. The highest BCUT2D eigenvalue weighted by Crippen LogP contribution is 2.33. The number of thiazole rings is 1. The molecule has 0 amide bonds. The van der Waals surface area contributed by atoms with E-state index in [-0.39, 0.29) is 0 Å². The molecule has 0 spiro atoms. The first-order valence-corrected chi connectivity index (χ1v) is 6.75. The van der Waals surface area contributed by atoms with E-state index in [0.717, 1.165) is 29.0 Å². The Morgan fingerprint density at radius 2 is 2.35 bits per heavy atom. The summed E-state index contributed by atoms with van der Waals surface area (Å²) in [6.07, 6.45) is 4.70. The van der Waals surface area contributed by atoms with Crippen LogP contribution in [0.3, 0.4) is 0 Å². The van der Waals surface area contributed by atoms with Crippen molar-refractivity contribution in [1.29, 1.82) is 0 Å². The van der Waals surface area contributed by atoms with Gasteiger partial charge in [0.15, 0.2) is 5.13 Å². The first kappa shape index (κ1) is 10.8. The Labute approximate surface area is 105 Å². The van der Waals surface area contributed by atoms with E-state index in [1.165, 1.54) is 17.7 Å². The number of anilines is 1. The zero-order valence-electron chi connectivity index (χ0n) is 10.1. The van der Waals surface area contributed by atoms with E-state index in [9.17, 15) is 0 Å². The first-order valence-electron chi connectivity index (χ1n) is 5.93. The number of aryl methyl sites for hydroxylation is 2. The largest absolute Gasteiger partial charge is 0.361 e. The first-order chi connectivity index (χ1) is 8.22. The molecule has 17 heavy (non-hydrogen) atoms. The molecular weight excluding hydrogens is 232 g/mol. The van der Waals surface area contributed by atoms with Gasteiger partial charge in [-0.1, -0.05) is 11.3 Å². The molecule has 0 aromatic carbocycles. The fourth-order valence-electron chi connectivity index (χ4n) is 1.80. The van der Waals surface area contributed by atoms with Crippen LogP contribution in [0.1, 0.15) is 18.5 Å². The lowest BCUT2D eigenvalue weighted by Crippen LogP contribution is -2.02. The zero-order chi connectivity index (χ0) is 11.8. The maximum atomic E-state index is 4.55. The van der Waals surface area contributed by atoms with E-state index < -0.39 is 0 Å². The lowest BCUT2D eigenvalue weighted by atomic mass is 10.3. The minimum Gasteiger partial charge on any atom is -0.361 e. The summed E-state index contributed by atoms with van der Waals surface area (Å²) in [6, 6.07) is 2.03. The average molecular weight is 248 g/mol. The van der Waals surface area contributed by atoms with E-state index >= 15 is 0 Å². The summed E-state index contributed by atoms with van der Waals surface area (Å²) in [5.41, 5.74) is 2.08. The Morgan fingerprint density at radius 3 is 3.00 bits per heavy atom. The molecule has 1 aliphatic carbocycles. The third-order valence-corrected chi connectivity index (χ3v) is 4.12. The van der Waals surface area contributed by atoms with Crippen LogP contribution in [0.5, 0.6) is 0 Å². The lowest BCUT2D eigenvalue weighted by molar-refractivity contribution is 0.771. The van der Waals surface area contributed by atoms with Gasteiger partial charge >= 0.3 is 0 Å². The number of nitrogens with one attached hydrogen (secondary N) is 1. The molecule has 2 heterocycles. The van der Waals surface area contributed by atoms with Gasteiger partial charge in [0.05, 0.1) is 10.6 Å². The average Bonchev–Trinajstić information content (AvgIpc) is 2.92. The molecule has 90 valence electrons. The maximum absolute atomic E-state index is 4.55. The van der Waals surface area contributed by atoms with E-state index in [0.29, 0.717) is 0 Å². The Morgan fingerprint density at radius 1 is 1.53 bits per heavy atom. The van der Waals surface area contributed by atoms with Gasteiger partial charge in [0, 0.05) is 19.8 Å². The van der Waals surface area contributed by atoms with Crippen LogP contribution in [0.25, 0.3) is 10.6 Å². The molecule has 4 nitrogen and oxygen atoms in total. The standard InChI is InChI=1S/C12H16N4S/c1-8-11(10-5-6-16(2)15-10)17-12(14-8)13-7-9-3-4-9/h5-6,9H,3-4,7H2,1-2H3,(H,13,14). The van der Waals surface area contributed by atoms with Crippen LogP contribution in [0, 0.1) is 12.8 Å². The van der Waals surface area contributed by atoms with Gasteiger partial charge in [0.2, 0.25) is 0 Å². The maximum Gasteiger partial charge on any atom is 0.183 e. The smallest absolute Gasteiger partial charge is 0.183 e. The normalized spacial score (nSPS) is 15.2. The lowest BCUT2D eigenvalue weighted by Gasteiger charge is -1.97. The fourth-order valence-corrected chi connectivity index (χ4v) is 2.74. The summed E-state index contributed by atoms with van der Waals surface area (Å²) in [5.74, 6) is 0.873. The Bertz CT molecular complexity index is 524. The number of nitrogens with zero attached hydrogens (tertiary/aromatic N) is 3. The Hall–Kier alpha value is -1.36. The van der Waals surface area contributed by atoms with Crippen molar-refractivity contribution in [2.45, 2.75) is 19.8 Å². The van der Waals surface area contributed by atoms with Crippen molar-refractivity contribution >= 4 is 16.5 Å². The van der Waals surface area contributed by atoms with Crippen molar-refractivity contribution in [2.75, 3.05) is 11.9 Å². The van der Waals surface area contributed by atoms with E-state index in [1.807, 2.05) is 30.9 Å². The van der Waals surface area contributed by atoms with Crippen LogP contribution >= 0.6 is 11.3 Å². The molecule has 0 radical (unpaired) electrons. The summed E-state index contributed by atoms with van der Waals surface area (Å²) < 4.78 is 1.83. The van der Waals surface area contributed by atoms with Crippen LogP contribution in [0.2, 0.25) is 0 Å². The van der Waals surface area contributed by atoms with Gasteiger partial charge in [-0.15, -0.1) is 0 Å². The summed E-state index contributed by atoms with van der Waals surface area (Å²) in [4.78, 5) is 5.72. The summed E-state index contributed by atoms with van der Waals surface area (Å²) in [7, 11) is 1.94. The molecule has 1 fully saturated rings. The van der Waals surface area contributed by atoms with Crippen molar-refractivity contribution in [2.24, 2.45) is 13.0 Å². The molecule has 0 unspecified atom stereocenters. The predicted octanol–water partition coefficient (Wildman–Crippen LogP) is 2.67. The predicted molar refractivity (Wildman–Crippen MR) is 70.3 cm³/mol. The highest BCUT2D eigenvalue weighted by atomic mass is 32.1. The monoisotopic (exact) mass is 248 g/mol. The van der Waals surface area contributed by atoms with Gasteiger partial charge < -0.3 is 5.32 Å². The summed E-state index contributed by atoms with van der Waals surface area (Å²) in [5, 5.41) is 8.86. The molecule has 1 N–H and O–H groups in total. The molecular formula is C12H16N4S. The van der Waals surface area contributed by atoms with Gasteiger partial charge in [-0.25, -0.2) is 4.98 Å². The van der Waals surface area contributed by atoms with Gasteiger partial charge in [-0.05, 0) is 31.7 Å². The van der Waals surface area contributed by atoms with E-state index in [1.54, 1.807) is 11.3 Å². The molecule has 0 saturated heterocycles. The molecule has 1 saturated carbocycles. The van der Waals surface area contributed by atoms with Gasteiger partial charge in [-0.2, -0.15) is 5.10 Å². The molecule has 1 aliphatic rings. The van der Waals surface area contributed by atoms with Crippen LogP contribution in [0.4, 0.5) is 5.13 Å². The van der Waals surface area contributed by atoms with Crippen molar-refractivity contribution < 1.29 is 0 Å². The Kier molecular flexibility index (Phi) is 2.63. The SMILES string of the molecule is Cc1nc(NCC2CC2)sc1-c1ccn(C)n1. The molecule has 2 aromatic heterocycles. The van der Waals surface area contributed by atoms with Crippen molar-refractivity contribution in [3.05, 3.63) is 18.0 Å². The van der Waals surface area contributed by atoms with Crippen LogP contribution in [-0.2, 0) is 7.05 Å². The van der Waals surface area contributed by atoms with Crippen LogP contribution in [-0.4, -0.2) is 21.3 Å². The molecule has 0 atom stereocenters. The minimum atomic E-state index is 0.873. The highest BCUT2D eigenvalue weighted by molar-refractivity contribution is 7.19. The number of rotatable bonds is 4. The number of hydrogen-bond acceptors (Lipinski definition) is 4. The molecule has 0 aliphatic heterocycles. The van der Waals surface area contributed by atoms with Gasteiger partial charge in [0.25, 0.3) is 0 Å². The van der Waals surface area contributed by atoms with Crippen molar-refractivity contribution in [3.8, 4) is 10.6 Å². The molecule has 0 bridgehead atoms. The summed E-state index contributed by atoms with van der Waals surface area (Å²) in [6.45, 7) is 3.11. The van der Waals surface area contributed by atoms with Gasteiger partial charge in [-0.3, -0.25) is 4.68 Å². The van der Waals surface area contributed by atoms with E-state index in [2.05, 4.69) is 15.4 Å². The number of hydrogen-bond donors (Lipinski definition) is 1. The van der Waals surface area contributed by atoms with E-state index in [4.69, 9.17) is 0 Å². The zero-order valence-corrected chi connectivity index (χ0v) is 10.9. The summed E-state index contributed by atoms with van der Waals surface area (Å²) >= 11 is 1.70. The van der Waals surface area contributed by atoms with Crippen LogP contribution in [0.15, 0.2) is 12.3 Å². The topological polar surface area (TPSA) is 42.7 Å². The van der Waals surface area contributed by atoms with Crippen molar-refractivity contribution in [3.63, 3.8) is 0 Å². The number of aromatic nitrogens is 3. The molecule has 3 rings (SSSR count). The minimum absolute atomic E-state index is 0.873. The quantitative estimate of drug-likeness (QED) is 0.904. The van der Waals surface area contributed by atoms with Crippen molar-refractivity contribution in [1.82, 2.24) is 14.8 Å². The fraction of sp³-hybridized carbons (Fsp3) is 0.500. The third-order valence-electron chi connectivity index (χ3n) is 2.98. The van der Waals surface area contributed by atoms with Crippen LogP contribution < -0.4 is 5.32 Å². The molecule has 2 aromatic rings. The third kappa shape index (κ3) is 2.34. The second kappa shape index (κ2) is 4.14. The Balaban J connectivity index is 1.79. The molecule has 5 heteroatoms.